The van der Waals surface area contributed by atoms with E-state index in [1.54, 1.807) is 0 Å². The van der Waals surface area contributed by atoms with E-state index in [1.165, 1.54) is 0 Å². The van der Waals surface area contributed by atoms with E-state index in [-0.39, 0.29) is 0 Å². The molecule has 0 bridgehead atoms. The number of benzene rings is 5. The van der Waals surface area contributed by atoms with Crippen molar-refractivity contribution in [1.29, 1.82) is 0 Å². The van der Waals surface area contributed by atoms with Gasteiger partial charge in [-0.25, -0.2) is 0 Å². The summed E-state index contributed by atoms with van der Waals surface area (Å²) in [4.78, 5) is 15.6. The number of fused-ring (bicyclic) bond motifs is 6. The average Bonchev–Trinajstić information content (AvgIpc) is 3.72. The van der Waals surface area contributed by atoms with Gasteiger partial charge in [-0.2, -0.15) is 0 Å². The topological polar surface area (TPSA) is 51.8 Å². The zero-order valence-electron chi connectivity index (χ0n) is 27.5. The summed E-state index contributed by atoms with van der Waals surface area (Å²) < 4.78 is 4.63. The standard InChI is InChI=1S/C45H30N6/c1-3-9-33(10-4-1)49(34-11-5-2-6-12-34)37-18-19-42-38(27-37)39-28-46-23-20-43(39)50(42)35-16-14-31(15-17-35)32-8-7-13-36(26-32)51-44-21-24-47-29-40(44)41-30-48-25-22-45(41)51/h1-30H. The summed E-state index contributed by atoms with van der Waals surface area (Å²) in [5.74, 6) is 0. The Bertz CT molecular complexity index is 2760. The van der Waals surface area contributed by atoms with E-state index >= 15 is 0 Å². The van der Waals surface area contributed by atoms with Crippen LogP contribution in [-0.2, 0) is 0 Å². The zero-order chi connectivity index (χ0) is 33.7. The van der Waals surface area contributed by atoms with Crippen molar-refractivity contribution >= 4 is 60.7 Å². The minimum Gasteiger partial charge on any atom is -0.310 e. The number of pyridine rings is 3. The summed E-state index contributed by atoms with van der Waals surface area (Å²) in [5.41, 5.74) is 12.3. The monoisotopic (exact) mass is 654 g/mol. The summed E-state index contributed by atoms with van der Waals surface area (Å²) in [7, 11) is 0. The molecule has 10 aromatic rings. The summed E-state index contributed by atoms with van der Waals surface area (Å²) in [6.45, 7) is 0. The van der Waals surface area contributed by atoms with Crippen LogP contribution in [0.1, 0.15) is 0 Å². The van der Waals surface area contributed by atoms with Crippen molar-refractivity contribution in [2.45, 2.75) is 0 Å². The number of anilines is 3. The minimum atomic E-state index is 1.09. The molecule has 51 heavy (non-hydrogen) atoms. The average molecular weight is 655 g/mol. The van der Waals surface area contributed by atoms with Gasteiger partial charge in [0.15, 0.2) is 0 Å². The first-order valence-corrected chi connectivity index (χ1v) is 17.0. The van der Waals surface area contributed by atoms with Gasteiger partial charge < -0.3 is 14.0 Å². The highest BCUT2D eigenvalue weighted by atomic mass is 15.1. The van der Waals surface area contributed by atoms with Crippen molar-refractivity contribution in [3.8, 4) is 22.5 Å². The molecule has 0 saturated carbocycles. The minimum absolute atomic E-state index is 1.09. The Labute approximate surface area is 294 Å². The third-order valence-electron chi connectivity index (χ3n) is 9.77. The van der Waals surface area contributed by atoms with Crippen LogP contribution in [0.2, 0.25) is 0 Å². The van der Waals surface area contributed by atoms with E-state index in [4.69, 9.17) is 0 Å². The van der Waals surface area contributed by atoms with E-state index in [1.807, 2.05) is 37.2 Å². The molecule has 6 heteroatoms. The molecule has 0 atom stereocenters. The Morgan fingerprint density at radius 3 is 1.47 bits per heavy atom. The van der Waals surface area contributed by atoms with Crippen LogP contribution in [0, 0.1) is 0 Å². The lowest BCUT2D eigenvalue weighted by Gasteiger charge is -2.25. The first-order chi connectivity index (χ1) is 25.3. The van der Waals surface area contributed by atoms with Crippen molar-refractivity contribution in [2.24, 2.45) is 0 Å². The van der Waals surface area contributed by atoms with Gasteiger partial charge in [0.05, 0.1) is 22.1 Å². The normalized spacial score (nSPS) is 11.5. The van der Waals surface area contributed by atoms with Crippen molar-refractivity contribution in [3.05, 3.63) is 183 Å². The van der Waals surface area contributed by atoms with E-state index in [0.29, 0.717) is 0 Å². The molecule has 0 fully saturated rings. The number of para-hydroxylation sites is 2. The fourth-order valence-electron chi connectivity index (χ4n) is 7.49. The van der Waals surface area contributed by atoms with Crippen LogP contribution in [0.15, 0.2) is 183 Å². The van der Waals surface area contributed by atoms with Crippen LogP contribution < -0.4 is 4.90 Å². The maximum Gasteiger partial charge on any atom is 0.0572 e. The second-order valence-electron chi connectivity index (χ2n) is 12.7. The van der Waals surface area contributed by atoms with Crippen molar-refractivity contribution < 1.29 is 0 Å². The highest BCUT2D eigenvalue weighted by molar-refractivity contribution is 6.11. The molecule has 5 heterocycles. The van der Waals surface area contributed by atoms with Gasteiger partial charge in [0.25, 0.3) is 0 Å². The van der Waals surface area contributed by atoms with Crippen LogP contribution in [0.25, 0.3) is 66.1 Å². The third-order valence-corrected chi connectivity index (χ3v) is 9.77. The molecule has 0 unspecified atom stereocenters. The number of hydrogen-bond acceptors (Lipinski definition) is 4. The molecule has 0 radical (unpaired) electrons. The SMILES string of the molecule is c1ccc(N(c2ccccc2)c2ccc3c(c2)c2cnccc2n3-c2ccc(-c3cccc(-n4c5ccncc5c5cnccc54)c3)cc2)cc1. The molecule has 10 rings (SSSR count). The fourth-order valence-corrected chi connectivity index (χ4v) is 7.49. The quantitative estimate of drug-likeness (QED) is 0.179. The highest BCUT2D eigenvalue weighted by Crippen LogP contribution is 2.40. The van der Waals surface area contributed by atoms with Gasteiger partial charge in [0, 0.05) is 87.2 Å². The van der Waals surface area contributed by atoms with Gasteiger partial charge in [-0.15, -0.1) is 0 Å². The van der Waals surface area contributed by atoms with Gasteiger partial charge in [-0.1, -0.05) is 60.7 Å². The van der Waals surface area contributed by atoms with Gasteiger partial charge in [-0.05, 0) is 96.1 Å². The predicted octanol–water partition coefficient (Wildman–Crippen LogP) is 11.2. The Kier molecular flexibility index (Phi) is 6.70. The lowest BCUT2D eigenvalue weighted by Crippen LogP contribution is -2.09. The van der Waals surface area contributed by atoms with Crippen molar-refractivity contribution in [2.75, 3.05) is 4.90 Å². The van der Waals surface area contributed by atoms with Crippen molar-refractivity contribution in [3.63, 3.8) is 0 Å². The molecule has 0 aliphatic carbocycles. The zero-order valence-corrected chi connectivity index (χ0v) is 27.5. The largest absolute Gasteiger partial charge is 0.310 e. The fraction of sp³-hybridized carbons (Fsp3) is 0. The lowest BCUT2D eigenvalue weighted by atomic mass is 10.0. The summed E-state index contributed by atoms with van der Waals surface area (Å²) in [6.07, 6.45) is 11.4. The van der Waals surface area contributed by atoms with E-state index in [0.717, 1.165) is 83.2 Å². The lowest BCUT2D eigenvalue weighted by molar-refractivity contribution is 1.17. The van der Waals surface area contributed by atoms with E-state index < -0.39 is 0 Å². The number of hydrogen-bond donors (Lipinski definition) is 0. The first kappa shape index (κ1) is 28.9. The molecule has 0 saturated heterocycles. The van der Waals surface area contributed by atoms with Gasteiger partial charge in [-0.3, -0.25) is 15.0 Å². The molecule has 0 spiro atoms. The number of rotatable bonds is 6. The summed E-state index contributed by atoms with van der Waals surface area (Å²) >= 11 is 0. The van der Waals surface area contributed by atoms with Gasteiger partial charge in [0.2, 0.25) is 0 Å². The molecule has 0 N–H and O–H groups in total. The second kappa shape index (κ2) is 11.8. The summed E-state index contributed by atoms with van der Waals surface area (Å²) in [5, 5.41) is 4.46. The Morgan fingerprint density at radius 1 is 0.353 bits per heavy atom. The Morgan fingerprint density at radius 2 is 0.882 bits per heavy atom. The van der Waals surface area contributed by atoms with E-state index in [2.05, 4.69) is 175 Å². The molecule has 0 aliphatic rings. The van der Waals surface area contributed by atoms with E-state index in [9.17, 15) is 0 Å². The van der Waals surface area contributed by atoms with Crippen LogP contribution >= 0.6 is 0 Å². The highest BCUT2D eigenvalue weighted by Gasteiger charge is 2.18. The first-order valence-electron chi connectivity index (χ1n) is 17.0. The molecule has 5 aromatic carbocycles. The van der Waals surface area contributed by atoms with Crippen LogP contribution in [0.3, 0.4) is 0 Å². The van der Waals surface area contributed by atoms with Crippen molar-refractivity contribution in [1.82, 2.24) is 24.1 Å². The van der Waals surface area contributed by atoms with Gasteiger partial charge in [0.1, 0.15) is 0 Å². The van der Waals surface area contributed by atoms with Crippen LogP contribution in [0.4, 0.5) is 17.1 Å². The molecular weight excluding hydrogens is 625 g/mol. The number of aromatic nitrogens is 5. The molecule has 0 aliphatic heterocycles. The van der Waals surface area contributed by atoms with Crippen LogP contribution in [0.5, 0.6) is 0 Å². The van der Waals surface area contributed by atoms with Gasteiger partial charge >= 0.3 is 0 Å². The predicted molar refractivity (Wildman–Crippen MR) is 209 cm³/mol. The molecule has 240 valence electrons. The Balaban J connectivity index is 1.06. The summed E-state index contributed by atoms with van der Waals surface area (Å²) in [6, 6.07) is 51.6. The molecular formula is C45H30N6. The third kappa shape index (κ3) is 4.76. The maximum atomic E-state index is 4.55. The van der Waals surface area contributed by atoms with Crippen LogP contribution in [-0.4, -0.2) is 24.1 Å². The molecule has 0 amide bonds. The number of nitrogens with zero attached hydrogens (tertiary/aromatic N) is 6. The Hall–Kier alpha value is -7.05. The molecule has 6 nitrogen and oxygen atoms in total. The smallest absolute Gasteiger partial charge is 0.0572 e. The maximum absolute atomic E-state index is 4.55. The molecule has 5 aromatic heterocycles. The second-order valence-corrected chi connectivity index (χ2v) is 12.7.